The molecule has 0 aliphatic rings. The number of hydrogen-bond acceptors (Lipinski definition) is 2. The van der Waals surface area contributed by atoms with Crippen LogP contribution in [0, 0.1) is 0 Å². The molecule has 0 aliphatic carbocycles. The van der Waals surface area contributed by atoms with Crippen molar-refractivity contribution in [3.63, 3.8) is 0 Å². The topological polar surface area (TPSA) is 29.5 Å². The van der Waals surface area contributed by atoms with Crippen molar-refractivity contribution in [2.75, 3.05) is 13.2 Å². The zero-order valence-electron chi connectivity index (χ0n) is 9.73. The molecule has 2 aromatic carbocycles. The molecule has 0 atom stereocenters. The van der Waals surface area contributed by atoms with Crippen LogP contribution in [0.2, 0.25) is 0 Å². The smallest absolute Gasteiger partial charge is 0.0478 e. The van der Waals surface area contributed by atoms with Crippen molar-refractivity contribution in [2.24, 2.45) is 0 Å². The molecule has 0 heterocycles. The Labute approximate surface area is 113 Å². The van der Waals surface area contributed by atoms with Gasteiger partial charge < -0.3 is 40.2 Å². The summed E-state index contributed by atoms with van der Waals surface area (Å²) in [7, 11) is 0. The summed E-state index contributed by atoms with van der Waals surface area (Å²) < 4.78 is 5.26. The molecular weight excluding hydrogens is 256 g/mol. The third-order valence-electron chi connectivity index (χ3n) is 2.00. The minimum absolute atomic E-state index is 0. The zero-order valence-corrected chi connectivity index (χ0v) is 10.8. The maximum atomic E-state index is 8.44. The second kappa shape index (κ2) is 11.6. The van der Waals surface area contributed by atoms with E-state index >= 15 is 0 Å². The molecule has 2 rings (SSSR count). The minimum atomic E-state index is 0. The average molecular weight is 274 g/mol. The summed E-state index contributed by atoms with van der Waals surface area (Å²) in [4.78, 5) is 0. The molecule has 100 valence electrons. The van der Waals surface area contributed by atoms with E-state index in [0.717, 1.165) is 6.42 Å². The Morgan fingerprint density at radius 1 is 1.00 bits per heavy atom. The van der Waals surface area contributed by atoms with Crippen LogP contribution in [0.15, 0.2) is 54.6 Å². The molecule has 2 nitrogen and oxygen atoms in total. The molecule has 0 aromatic heterocycles. The summed E-state index contributed by atoms with van der Waals surface area (Å²) >= 11 is 0. The van der Waals surface area contributed by atoms with Gasteiger partial charge in [-0.2, -0.15) is 12.1 Å². The van der Waals surface area contributed by atoms with Crippen molar-refractivity contribution in [2.45, 2.75) is 13.0 Å². The molecule has 17 heavy (non-hydrogen) atoms. The predicted molar refractivity (Wildman–Crippen MR) is 65.4 cm³/mol. The molecule has 1 N–H and O–H groups in total. The van der Waals surface area contributed by atoms with Gasteiger partial charge in [0.2, 0.25) is 0 Å². The van der Waals surface area contributed by atoms with Crippen LogP contribution in [0.25, 0.3) is 0 Å². The number of ether oxygens (including phenoxy) is 1. The van der Waals surface area contributed by atoms with Crippen LogP contribution in [0.4, 0.5) is 0 Å². The molecule has 0 bridgehead atoms. The summed E-state index contributed by atoms with van der Waals surface area (Å²) in [6.07, 6.45) is 0.723. The predicted octanol–water partition coefficient (Wildman–Crippen LogP) is 2.71. The Bertz CT molecular complexity index is 297. The fourth-order valence-corrected chi connectivity index (χ4v) is 1.19. The molecule has 0 fully saturated rings. The van der Waals surface area contributed by atoms with Crippen LogP contribution in [-0.2, 0) is 28.4 Å². The maximum Gasteiger partial charge on any atom is 0.0478 e. The fraction of sp³-hybridized carbons (Fsp3) is 0.286. The molecule has 0 saturated carbocycles. The van der Waals surface area contributed by atoms with E-state index in [0.29, 0.717) is 13.2 Å². The van der Waals surface area contributed by atoms with E-state index < -0.39 is 0 Å². The van der Waals surface area contributed by atoms with Gasteiger partial charge in [-0.15, -0.1) is 5.56 Å². The molecule has 0 unspecified atom stereocenters. The van der Waals surface area contributed by atoms with Gasteiger partial charge in [-0.25, -0.2) is 12.1 Å². The van der Waals surface area contributed by atoms with Crippen LogP contribution in [-0.4, -0.2) is 18.3 Å². The van der Waals surface area contributed by atoms with Crippen LogP contribution in [0.5, 0.6) is 0 Å². The molecule has 0 saturated heterocycles. The minimum Gasteiger partial charge on any atom is -0.748 e. The SMILES string of the molecule is OCCCOC[c-]1cccc1.[Fe].[cH-]1[cH-][cH-][cH-][cH-]1. The first kappa shape index (κ1) is 16.1. The quantitative estimate of drug-likeness (QED) is 0.516. The number of aliphatic hydroxyl groups is 1. The van der Waals surface area contributed by atoms with E-state index in [1.54, 1.807) is 0 Å². The molecule has 3 heteroatoms. The van der Waals surface area contributed by atoms with Gasteiger partial charge >= 0.3 is 0 Å². The zero-order chi connectivity index (χ0) is 11.5. The average Bonchev–Trinajstić information content (AvgIpc) is 2.99. The first-order valence-corrected chi connectivity index (χ1v) is 5.49. The molecule has 0 amide bonds. The van der Waals surface area contributed by atoms with E-state index in [9.17, 15) is 0 Å². The van der Waals surface area contributed by atoms with Crippen molar-refractivity contribution in [1.29, 1.82) is 0 Å². The van der Waals surface area contributed by atoms with Crippen LogP contribution in [0.3, 0.4) is 0 Å². The van der Waals surface area contributed by atoms with Gasteiger partial charge in [0.1, 0.15) is 0 Å². The van der Waals surface area contributed by atoms with Crippen LogP contribution in [0.1, 0.15) is 12.0 Å². The Kier molecular flexibility index (Phi) is 11.0. The summed E-state index contributed by atoms with van der Waals surface area (Å²) in [5.41, 5.74) is 1.20. The maximum absolute atomic E-state index is 8.44. The Hall–Kier alpha value is -0.861. The molecule has 0 spiro atoms. The van der Waals surface area contributed by atoms with Gasteiger partial charge in [-0.3, -0.25) is 0 Å². The summed E-state index contributed by atoms with van der Waals surface area (Å²) in [6.45, 7) is 1.51. The van der Waals surface area contributed by atoms with Crippen LogP contribution >= 0.6 is 0 Å². The van der Waals surface area contributed by atoms with Gasteiger partial charge in [0.25, 0.3) is 0 Å². The Morgan fingerprint density at radius 2 is 1.53 bits per heavy atom. The van der Waals surface area contributed by atoms with Crippen molar-refractivity contribution < 1.29 is 26.9 Å². The normalized spacial score (nSPS) is 9.00. The third-order valence-corrected chi connectivity index (χ3v) is 2.00. The number of rotatable bonds is 5. The second-order valence-electron chi connectivity index (χ2n) is 3.39. The molecular formula is C14H18FeO2-6. The summed E-state index contributed by atoms with van der Waals surface area (Å²) in [5.74, 6) is 0. The van der Waals surface area contributed by atoms with Crippen molar-refractivity contribution in [1.82, 2.24) is 0 Å². The van der Waals surface area contributed by atoms with Crippen molar-refractivity contribution >= 4 is 0 Å². The molecule has 0 aliphatic heterocycles. The van der Waals surface area contributed by atoms with Gasteiger partial charge in [-0.1, -0.05) is 0 Å². The van der Waals surface area contributed by atoms with Crippen molar-refractivity contribution in [3.05, 3.63) is 60.2 Å². The third kappa shape index (κ3) is 8.90. The summed E-state index contributed by atoms with van der Waals surface area (Å²) in [5, 5.41) is 8.44. The summed E-state index contributed by atoms with van der Waals surface area (Å²) in [6, 6.07) is 18.0. The van der Waals surface area contributed by atoms with E-state index in [1.165, 1.54) is 5.56 Å². The first-order chi connectivity index (χ1) is 7.93. The van der Waals surface area contributed by atoms with E-state index in [2.05, 4.69) is 0 Å². The number of hydrogen-bond donors (Lipinski definition) is 1. The number of aliphatic hydroxyl groups excluding tert-OH is 1. The monoisotopic (exact) mass is 274 g/mol. The fourth-order valence-electron chi connectivity index (χ4n) is 1.19. The standard InChI is InChI=1S/C9H13O2.C5H5.Fe/c10-6-3-7-11-8-9-4-1-2-5-9;1-2-4-5-3-1;/h1-2,4-5,10H,3,6-8H2;1-5H;/q-1;-5;. The molecule has 0 radical (unpaired) electrons. The molecule has 2 aromatic rings. The Morgan fingerprint density at radius 3 is 2.00 bits per heavy atom. The largest absolute Gasteiger partial charge is 0.748 e. The van der Waals surface area contributed by atoms with Gasteiger partial charge in [-0.05, 0) is 6.42 Å². The van der Waals surface area contributed by atoms with E-state index in [-0.39, 0.29) is 23.7 Å². The van der Waals surface area contributed by atoms with Gasteiger partial charge in [0, 0.05) is 36.9 Å². The van der Waals surface area contributed by atoms with Gasteiger partial charge in [0.05, 0.1) is 0 Å². The Balaban J connectivity index is 0.000000360. The van der Waals surface area contributed by atoms with E-state index in [1.807, 2.05) is 54.6 Å². The van der Waals surface area contributed by atoms with E-state index in [4.69, 9.17) is 9.84 Å². The first-order valence-electron chi connectivity index (χ1n) is 5.49. The van der Waals surface area contributed by atoms with Crippen molar-refractivity contribution in [3.8, 4) is 0 Å². The van der Waals surface area contributed by atoms with Gasteiger partial charge in [0.15, 0.2) is 0 Å². The second-order valence-corrected chi connectivity index (χ2v) is 3.39. The van der Waals surface area contributed by atoms with Crippen LogP contribution < -0.4 is 0 Å².